The van der Waals surface area contributed by atoms with Crippen molar-refractivity contribution in [3.8, 4) is 28.4 Å². The van der Waals surface area contributed by atoms with Crippen LogP contribution >= 0.6 is 15.9 Å². The molecule has 4 rings (SSSR count). The van der Waals surface area contributed by atoms with Crippen LogP contribution in [-0.4, -0.2) is 48.6 Å². The summed E-state index contributed by atoms with van der Waals surface area (Å²) in [6.45, 7) is 2.31. The van der Waals surface area contributed by atoms with E-state index >= 15 is 0 Å². The Morgan fingerprint density at radius 2 is 1.74 bits per heavy atom. The second-order valence-corrected chi connectivity index (χ2v) is 8.90. The van der Waals surface area contributed by atoms with Crippen LogP contribution in [0.25, 0.3) is 16.9 Å². The van der Waals surface area contributed by atoms with Crippen LogP contribution in [0.1, 0.15) is 53.5 Å². The lowest BCUT2D eigenvalue weighted by molar-refractivity contribution is 0.0549. The summed E-state index contributed by atoms with van der Waals surface area (Å²) in [4.78, 5) is 25.8. The van der Waals surface area contributed by atoms with Crippen molar-refractivity contribution in [1.82, 2.24) is 9.78 Å². The maximum atomic E-state index is 12.9. The average molecular weight is 543 g/mol. The van der Waals surface area contributed by atoms with Crippen molar-refractivity contribution in [2.45, 2.75) is 38.7 Å². The third-order valence-corrected chi connectivity index (χ3v) is 6.41. The number of hydrogen-bond donors (Lipinski definition) is 0. The summed E-state index contributed by atoms with van der Waals surface area (Å²) in [5, 5.41) is 4.66. The summed E-state index contributed by atoms with van der Waals surface area (Å²) in [5.74, 6) is -0.285. The molecule has 2 aromatic carbocycles. The predicted octanol–water partition coefficient (Wildman–Crippen LogP) is 5.60. The third kappa shape index (κ3) is 5.05. The van der Waals surface area contributed by atoms with Crippen LogP contribution in [0, 0.1) is 0 Å². The van der Waals surface area contributed by atoms with Gasteiger partial charge >= 0.3 is 11.9 Å². The molecule has 0 amide bonds. The van der Waals surface area contributed by atoms with E-state index in [1.54, 1.807) is 24.3 Å². The van der Waals surface area contributed by atoms with E-state index in [-0.39, 0.29) is 23.1 Å². The van der Waals surface area contributed by atoms with Crippen molar-refractivity contribution in [2.24, 2.45) is 0 Å². The van der Waals surface area contributed by atoms with Gasteiger partial charge in [0.15, 0.2) is 17.2 Å². The smallest absolute Gasteiger partial charge is 0.357 e. The van der Waals surface area contributed by atoms with Crippen molar-refractivity contribution >= 4 is 27.9 Å². The van der Waals surface area contributed by atoms with Crippen LogP contribution in [0.15, 0.2) is 46.9 Å². The molecule has 0 spiro atoms. The number of para-hydroxylation sites is 1. The van der Waals surface area contributed by atoms with Crippen molar-refractivity contribution in [3.05, 3.63) is 58.2 Å². The number of aromatic nitrogens is 2. The van der Waals surface area contributed by atoms with Crippen LogP contribution in [0.4, 0.5) is 0 Å². The maximum Gasteiger partial charge on any atom is 0.357 e. The molecule has 184 valence electrons. The second kappa shape index (κ2) is 10.9. The molecule has 8 nitrogen and oxygen atoms in total. The van der Waals surface area contributed by atoms with E-state index in [0.29, 0.717) is 33.8 Å². The fraction of sp³-hybridized carbons (Fsp3) is 0.346. The molecule has 0 unspecified atom stereocenters. The SMILES string of the molecule is CCOc1cc(-c2nn(-c3ccccc3)c(C(=O)OC)c2C(=O)OC)cc(Br)c1OC1CCCC1. The first-order chi connectivity index (χ1) is 17.0. The molecule has 35 heavy (non-hydrogen) atoms. The molecule has 0 N–H and O–H groups in total. The van der Waals surface area contributed by atoms with Crippen LogP contribution in [0.2, 0.25) is 0 Å². The normalized spacial score (nSPS) is 13.5. The summed E-state index contributed by atoms with van der Waals surface area (Å²) in [5.41, 5.74) is 1.38. The van der Waals surface area contributed by atoms with E-state index in [1.807, 2.05) is 25.1 Å². The van der Waals surface area contributed by atoms with Crippen LogP contribution in [-0.2, 0) is 9.47 Å². The van der Waals surface area contributed by atoms with Gasteiger partial charge in [0.1, 0.15) is 11.3 Å². The number of ether oxygens (including phenoxy) is 4. The third-order valence-electron chi connectivity index (χ3n) is 5.82. The number of rotatable bonds is 8. The number of halogens is 1. The molecular weight excluding hydrogens is 516 g/mol. The first-order valence-electron chi connectivity index (χ1n) is 11.5. The van der Waals surface area contributed by atoms with Crippen LogP contribution in [0.5, 0.6) is 11.5 Å². The summed E-state index contributed by atoms with van der Waals surface area (Å²) in [6, 6.07) is 12.6. The number of esters is 2. The Kier molecular flexibility index (Phi) is 7.75. The number of carbonyl (C=O) groups is 2. The molecule has 1 heterocycles. The molecule has 1 aromatic heterocycles. The zero-order valence-electron chi connectivity index (χ0n) is 19.9. The van der Waals surface area contributed by atoms with E-state index in [2.05, 4.69) is 21.0 Å². The van der Waals surface area contributed by atoms with Crippen molar-refractivity contribution < 1.29 is 28.5 Å². The van der Waals surface area contributed by atoms with Crippen molar-refractivity contribution in [2.75, 3.05) is 20.8 Å². The van der Waals surface area contributed by atoms with Crippen LogP contribution in [0.3, 0.4) is 0 Å². The summed E-state index contributed by atoms with van der Waals surface area (Å²) in [7, 11) is 2.51. The van der Waals surface area contributed by atoms with Gasteiger partial charge in [-0.3, -0.25) is 0 Å². The first-order valence-corrected chi connectivity index (χ1v) is 12.3. The quantitative estimate of drug-likeness (QED) is 0.342. The highest BCUT2D eigenvalue weighted by molar-refractivity contribution is 9.10. The molecule has 1 aliphatic rings. The second-order valence-electron chi connectivity index (χ2n) is 8.05. The fourth-order valence-electron chi connectivity index (χ4n) is 4.21. The number of hydrogen-bond acceptors (Lipinski definition) is 7. The van der Waals surface area contributed by atoms with Gasteiger partial charge in [-0.2, -0.15) is 5.10 Å². The molecule has 1 aliphatic carbocycles. The zero-order chi connectivity index (χ0) is 24.9. The molecule has 1 fully saturated rings. The lowest BCUT2D eigenvalue weighted by Gasteiger charge is -2.19. The van der Waals surface area contributed by atoms with E-state index in [9.17, 15) is 9.59 Å². The largest absolute Gasteiger partial charge is 0.490 e. The Hall–Kier alpha value is -3.33. The molecule has 0 saturated heterocycles. The van der Waals surface area contributed by atoms with Gasteiger partial charge in [-0.1, -0.05) is 18.2 Å². The standard InChI is InChI=1S/C26H27BrN2O6/c1-4-34-20-15-16(14-19(27)24(20)35-18-12-8-9-13-18)22-21(25(30)32-2)23(26(31)33-3)29(28-22)17-10-6-5-7-11-17/h5-7,10-11,14-15,18H,4,8-9,12-13H2,1-3H3. The highest BCUT2D eigenvalue weighted by Crippen LogP contribution is 2.42. The Morgan fingerprint density at radius 3 is 2.37 bits per heavy atom. The minimum absolute atomic E-state index is 0.00186. The molecule has 3 aromatic rings. The van der Waals surface area contributed by atoms with Crippen molar-refractivity contribution in [1.29, 1.82) is 0 Å². The Balaban J connectivity index is 1.92. The van der Waals surface area contributed by atoms with Crippen molar-refractivity contribution in [3.63, 3.8) is 0 Å². The Labute approximate surface area is 212 Å². The molecule has 0 atom stereocenters. The highest BCUT2D eigenvalue weighted by Gasteiger charge is 2.32. The topological polar surface area (TPSA) is 88.9 Å². The number of nitrogens with zero attached hydrogens (tertiary/aromatic N) is 2. The first kappa shape index (κ1) is 24.8. The maximum absolute atomic E-state index is 12.9. The summed E-state index contributed by atoms with van der Waals surface area (Å²) in [6.07, 6.45) is 4.40. The van der Waals surface area contributed by atoms with Crippen LogP contribution < -0.4 is 9.47 Å². The van der Waals surface area contributed by atoms with E-state index in [0.717, 1.165) is 25.7 Å². The zero-order valence-corrected chi connectivity index (χ0v) is 21.5. The van der Waals surface area contributed by atoms with Gasteiger partial charge in [-0.25, -0.2) is 14.3 Å². The number of carbonyl (C=O) groups excluding carboxylic acids is 2. The van der Waals surface area contributed by atoms with Gasteiger partial charge in [-0.15, -0.1) is 0 Å². The van der Waals surface area contributed by atoms with Gasteiger partial charge in [-0.05, 0) is 72.8 Å². The highest BCUT2D eigenvalue weighted by atomic mass is 79.9. The van der Waals surface area contributed by atoms with E-state index in [1.165, 1.54) is 18.9 Å². The number of benzene rings is 2. The van der Waals surface area contributed by atoms with E-state index < -0.39 is 11.9 Å². The minimum atomic E-state index is -0.710. The minimum Gasteiger partial charge on any atom is -0.490 e. The lowest BCUT2D eigenvalue weighted by Crippen LogP contribution is -2.15. The molecule has 0 radical (unpaired) electrons. The van der Waals surface area contributed by atoms with Gasteiger partial charge in [0.05, 0.1) is 37.1 Å². The summed E-state index contributed by atoms with van der Waals surface area (Å²) >= 11 is 3.62. The molecule has 0 aliphatic heterocycles. The van der Waals surface area contributed by atoms with Gasteiger partial charge in [0.25, 0.3) is 0 Å². The summed E-state index contributed by atoms with van der Waals surface area (Å²) < 4.78 is 24.3. The Bertz CT molecular complexity index is 1220. The lowest BCUT2D eigenvalue weighted by atomic mass is 10.0. The van der Waals surface area contributed by atoms with Gasteiger partial charge < -0.3 is 18.9 Å². The predicted molar refractivity (Wildman–Crippen MR) is 133 cm³/mol. The molecule has 1 saturated carbocycles. The van der Waals surface area contributed by atoms with E-state index in [4.69, 9.17) is 18.9 Å². The average Bonchev–Trinajstić information content (AvgIpc) is 3.54. The van der Waals surface area contributed by atoms with Gasteiger partial charge in [0, 0.05) is 5.56 Å². The number of methoxy groups -OCH3 is 2. The molecule has 9 heteroatoms. The molecule has 0 bridgehead atoms. The molecular formula is C26H27BrN2O6. The fourth-order valence-corrected chi connectivity index (χ4v) is 4.75. The monoisotopic (exact) mass is 542 g/mol. The Morgan fingerprint density at radius 1 is 1.06 bits per heavy atom. The van der Waals surface area contributed by atoms with Gasteiger partial charge in [0.2, 0.25) is 0 Å².